The van der Waals surface area contributed by atoms with E-state index in [0.29, 0.717) is 25.1 Å². The SMILES string of the molecule is CCCCn1c(N)c(N(CCC(C)C)C(=O)COC(=O)c2c(C)noc2C)c(=O)[nH]c1=O. The van der Waals surface area contributed by atoms with E-state index in [1.807, 2.05) is 20.8 Å². The molecule has 11 heteroatoms. The third-order valence-corrected chi connectivity index (χ3v) is 5.01. The molecule has 2 heterocycles. The van der Waals surface area contributed by atoms with Crippen LogP contribution in [0.4, 0.5) is 11.5 Å². The maximum atomic E-state index is 13.0. The number of aryl methyl sites for hydroxylation is 2. The van der Waals surface area contributed by atoms with Crippen molar-refractivity contribution in [1.29, 1.82) is 0 Å². The first-order chi connectivity index (χ1) is 15.1. The van der Waals surface area contributed by atoms with Crippen molar-refractivity contribution >= 4 is 23.4 Å². The van der Waals surface area contributed by atoms with Crippen LogP contribution in [0.3, 0.4) is 0 Å². The molecule has 0 aliphatic carbocycles. The Bertz CT molecular complexity index is 1060. The predicted octanol–water partition coefficient (Wildman–Crippen LogP) is 1.76. The molecule has 176 valence electrons. The van der Waals surface area contributed by atoms with Gasteiger partial charge < -0.3 is 19.9 Å². The van der Waals surface area contributed by atoms with Gasteiger partial charge in [-0.2, -0.15) is 0 Å². The smallest absolute Gasteiger partial charge is 0.344 e. The number of carbonyl (C=O) groups is 2. The van der Waals surface area contributed by atoms with E-state index in [1.165, 1.54) is 9.47 Å². The van der Waals surface area contributed by atoms with Gasteiger partial charge in [0.2, 0.25) is 0 Å². The van der Waals surface area contributed by atoms with Gasteiger partial charge in [-0.15, -0.1) is 0 Å². The molecular formula is C21H31N5O6. The van der Waals surface area contributed by atoms with Crippen LogP contribution < -0.4 is 21.9 Å². The second kappa shape index (κ2) is 10.8. The molecule has 0 fully saturated rings. The van der Waals surface area contributed by atoms with Crippen LogP contribution >= 0.6 is 0 Å². The zero-order valence-corrected chi connectivity index (χ0v) is 19.2. The van der Waals surface area contributed by atoms with Gasteiger partial charge in [-0.25, -0.2) is 9.59 Å². The van der Waals surface area contributed by atoms with Crippen LogP contribution in [0.25, 0.3) is 0 Å². The first kappa shape index (κ1) is 24.9. The maximum Gasteiger partial charge on any atom is 0.344 e. The number of nitrogens with two attached hydrogens (primary N) is 1. The van der Waals surface area contributed by atoms with E-state index >= 15 is 0 Å². The molecule has 0 saturated heterocycles. The van der Waals surface area contributed by atoms with Gasteiger partial charge in [-0.3, -0.25) is 19.1 Å². The van der Waals surface area contributed by atoms with E-state index in [2.05, 4.69) is 10.1 Å². The quantitative estimate of drug-likeness (QED) is 0.520. The summed E-state index contributed by atoms with van der Waals surface area (Å²) in [5.41, 5.74) is 5.13. The zero-order valence-electron chi connectivity index (χ0n) is 19.2. The number of carbonyl (C=O) groups excluding carboxylic acids is 2. The number of amides is 1. The Balaban J connectivity index is 2.35. The lowest BCUT2D eigenvalue weighted by Gasteiger charge is -2.25. The molecule has 0 saturated carbocycles. The van der Waals surface area contributed by atoms with Gasteiger partial charge in [0.1, 0.15) is 17.1 Å². The summed E-state index contributed by atoms with van der Waals surface area (Å²) in [4.78, 5) is 53.7. The molecule has 2 aromatic heterocycles. The number of anilines is 2. The van der Waals surface area contributed by atoms with E-state index in [4.69, 9.17) is 15.0 Å². The summed E-state index contributed by atoms with van der Waals surface area (Å²) in [6, 6.07) is 0. The Hall–Kier alpha value is -3.37. The van der Waals surface area contributed by atoms with Crippen molar-refractivity contribution in [2.45, 2.75) is 60.4 Å². The summed E-state index contributed by atoms with van der Waals surface area (Å²) in [5.74, 6) is -0.986. The molecule has 2 rings (SSSR count). The Kier molecular flexibility index (Phi) is 8.39. The Morgan fingerprint density at radius 2 is 1.97 bits per heavy atom. The summed E-state index contributed by atoms with van der Waals surface area (Å²) >= 11 is 0. The van der Waals surface area contributed by atoms with Crippen molar-refractivity contribution in [3.05, 3.63) is 37.9 Å². The molecule has 0 aliphatic rings. The molecule has 0 bridgehead atoms. The lowest BCUT2D eigenvalue weighted by Crippen LogP contribution is -2.43. The Morgan fingerprint density at radius 3 is 2.53 bits per heavy atom. The van der Waals surface area contributed by atoms with Crippen LogP contribution in [0.1, 0.15) is 61.8 Å². The minimum absolute atomic E-state index is 0.0960. The van der Waals surface area contributed by atoms with Gasteiger partial charge in [0.15, 0.2) is 12.3 Å². The first-order valence-corrected chi connectivity index (χ1v) is 10.6. The molecule has 0 aliphatic heterocycles. The highest BCUT2D eigenvalue weighted by Crippen LogP contribution is 2.20. The molecule has 2 aromatic rings. The molecule has 0 aromatic carbocycles. The topological polar surface area (TPSA) is 154 Å². The molecule has 0 atom stereocenters. The minimum atomic E-state index is -0.769. The average Bonchev–Trinajstić information content (AvgIpc) is 3.06. The van der Waals surface area contributed by atoms with Crippen molar-refractivity contribution in [3.8, 4) is 0 Å². The third-order valence-electron chi connectivity index (χ3n) is 5.01. The third kappa shape index (κ3) is 5.65. The van der Waals surface area contributed by atoms with E-state index in [-0.39, 0.29) is 35.3 Å². The number of H-pyrrole nitrogens is 1. The molecule has 0 unspecified atom stereocenters. The lowest BCUT2D eigenvalue weighted by molar-refractivity contribution is -0.121. The number of nitrogen functional groups attached to an aromatic ring is 1. The van der Waals surface area contributed by atoms with Crippen LogP contribution in [0, 0.1) is 19.8 Å². The molecule has 32 heavy (non-hydrogen) atoms. The normalized spacial score (nSPS) is 11.1. The van der Waals surface area contributed by atoms with Crippen molar-refractivity contribution in [2.75, 3.05) is 23.8 Å². The molecule has 11 nitrogen and oxygen atoms in total. The number of hydrogen-bond donors (Lipinski definition) is 2. The van der Waals surface area contributed by atoms with Gasteiger partial charge in [0.25, 0.3) is 11.5 Å². The summed E-state index contributed by atoms with van der Waals surface area (Å²) in [6.07, 6.45) is 2.05. The average molecular weight is 450 g/mol. The van der Waals surface area contributed by atoms with Crippen molar-refractivity contribution < 1.29 is 18.8 Å². The summed E-state index contributed by atoms with van der Waals surface area (Å²) in [7, 11) is 0. The largest absolute Gasteiger partial charge is 0.452 e. The number of esters is 1. The van der Waals surface area contributed by atoms with E-state index in [0.717, 1.165) is 6.42 Å². The fourth-order valence-electron chi connectivity index (χ4n) is 3.18. The van der Waals surface area contributed by atoms with Gasteiger partial charge in [-0.05, 0) is 32.6 Å². The molecule has 3 N–H and O–H groups in total. The molecule has 0 spiro atoms. The van der Waals surface area contributed by atoms with Crippen LogP contribution in [-0.4, -0.2) is 39.7 Å². The fraction of sp³-hybridized carbons (Fsp3) is 0.571. The number of rotatable bonds is 10. The number of ether oxygens (including phenoxy) is 1. The molecular weight excluding hydrogens is 418 g/mol. The monoisotopic (exact) mass is 449 g/mol. The number of aromatic amines is 1. The highest BCUT2D eigenvalue weighted by molar-refractivity contribution is 5.99. The van der Waals surface area contributed by atoms with Crippen LogP contribution in [0.2, 0.25) is 0 Å². The summed E-state index contributed by atoms with van der Waals surface area (Å²) in [6.45, 7) is 8.90. The standard InChI is InChI=1S/C21H31N5O6/c1-6-7-9-26-18(22)17(19(28)23-21(26)30)25(10-8-12(2)3)15(27)11-31-20(29)16-13(4)24-32-14(16)5/h12H,6-11,22H2,1-5H3,(H,23,28,30). The lowest BCUT2D eigenvalue weighted by atomic mass is 10.1. The highest BCUT2D eigenvalue weighted by atomic mass is 16.5. The summed E-state index contributed by atoms with van der Waals surface area (Å²) in [5, 5.41) is 3.70. The van der Waals surface area contributed by atoms with Crippen molar-refractivity contribution in [1.82, 2.24) is 14.7 Å². The van der Waals surface area contributed by atoms with E-state index < -0.39 is 29.7 Å². The number of unbranched alkanes of at least 4 members (excludes halogenated alkanes) is 1. The Labute approximate surface area is 185 Å². The van der Waals surface area contributed by atoms with Gasteiger partial charge in [0.05, 0.1) is 5.69 Å². The number of nitrogens with zero attached hydrogens (tertiary/aromatic N) is 3. The van der Waals surface area contributed by atoms with Gasteiger partial charge >= 0.3 is 11.7 Å². The number of aromatic nitrogens is 3. The van der Waals surface area contributed by atoms with Crippen molar-refractivity contribution in [2.24, 2.45) is 5.92 Å². The summed E-state index contributed by atoms with van der Waals surface area (Å²) < 4.78 is 11.4. The number of hydrogen-bond acceptors (Lipinski definition) is 8. The fourth-order valence-corrected chi connectivity index (χ4v) is 3.18. The van der Waals surface area contributed by atoms with Gasteiger partial charge in [-0.1, -0.05) is 32.3 Å². The van der Waals surface area contributed by atoms with E-state index in [9.17, 15) is 19.2 Å². The maximum absolute atomic E-state index is 13.0. The molecule has 1 amide bonds. The number of nitrogens with one attached hydrogen (secondary N) is 1. The minimum Gasteiger partial charge on any atom is -0.452 e. The van der Waals surface area contributed by atoms with Crippen LogP contribution in [0.15, 0.2) is 14.1 Å². The first-order valence-electron chi connectivity index (χ1n) is 10.6. The highest BCUT2D eigenvalue weighted by Gasteiger charge is 2.26. The predicted molar refractivity (Wildman–Crippen MR) is 119 cm³/mol. The van der Waals surface area contributed by atoms with E-state index in [1.54, 1.807) is 13.8 Å². The van der Waals surface area contributed by atoms with Gasteiger partial charge in [0, 0.05) is 13.1 Å². The molecule has 0 radical (unpaired) electrons. The second-order valence-electron chi connectivity index (χ2n) is 8.00. The zero-order chi connectivity index (χ0) is 24.0. The second-order valence-corrected chi connectivity index (χ2v) is 8.00. The van der Waals surface area contributed by atoms with Crippen LogP contribution in [0.5, 0.6) is 0 Å². The van der Waals surface area contributed by atoms with Crippen LogP contribution in [-0.2, 0) is 16.1 Å². The van der Waals surface area contributed by atoms with Crippen molar-refractivity contribution in [3.63, 3.8) is 0 Å². The Morgan fingerprint density at radius 1 is 1.28 bits per heavy atom.